The fourth-order valence-electron chi connectivity index (χ4n) is 3.87. The highest BCUT2D eigenvalue weighted by Gasteiger charge is 2.23. The summed E-state index contributed by atoms with van der Waals surface area (Å²) in [6.45, 7) is 2.79. The molecule has 0 amide bonds. The molecule has 1 saturated heterocycles. The number of benzene rings is 2. The molecule has 5 heteroatoms. The summed E-state index contributed by atoms with van der Waals surface area (Å²) in [7, 11) is 0. The maximum absolute atomic E-state index is 13.6. The Morgan fingerprint density at radius 3 is 2.58 bits per heavy atom. The molecule has 2 N–H and O–H groups in total. The summed E-state index contributed by atoms with van der Waals surface area (Å²) in [6.07, 6.45) is 4.10. The van der Waals surface area contributed by atoms with Crippen LogP contribution in [0.25, 0.3) is 10.9 Å². The van der Waals surface area contributed by atoms with Gasteiger partial charge in [-0.25, -0.2) is 9.18 Å². The molecule has 3 aromatic rings. The summed E-state index contributed by atoms with van der Waals surface area (Å²) in [6, 6.07) is 12.0. The summed E-state index contributed by atoms with van der Waals surface area (Å²) in [5, 5.41) is 9.97. The highest BCUT2D eigenvalue weighted by molar-refractivity contribution is 5.87. The number of aromatic amines is 1. The van der Waals surface area contributed by atoms with E-state index in [1.807, 2.05) is 18.3 Å². The summed E-state index contributed by atoms with van der Waals surface area (Å²) in [5.41, 5.74) is 3.65. The van der Waals surface area contributed by atoms with Gasteiger partial charge >= 0.3 is 5.97 Å². The molecular formula is C21H21FN2O2. The van der Waals surface area contributed by atoms with Crippen molar-refractivity contribution < 1.29 is 14.3 Å². The zero-order chi connectivity index (χ0) is 18.1. The molecule has 4 rings (SSSR count). The van der Waals surface area contributed by atoms with Crippen molar-refractivity contribution >= 4 is 16.9 Å². The molecule has 26 heavy (non-hydrogen) atoms. The molecule has 0 saturated carbocycles. The molecule has 0 aliphatic carbocycles. The molecule has 0 bridgehead atoms. The first-order chi connectivity index (χ1) is 12.6. The second kappa shape index (κ2) is 6.92. The number of rotatable bonds is 4. The predicted molar refractivity (Wildman–Crippen MR) is 98.9 cm³/mol. The number of nitrogens with one attached hydrogen (secondary N) is 1. The van der Waals surface area contributed by atoms with Gasteiger partial charge in [0.1, 0.15) is 5.82 Å². The van der Waals surface area contributed by atoms with E-state index in [0.29, 0.717) is 11.5 Å². The zero-order valence-corrected chi connectivity index (χ0v) is 14.4. The molecule has 1 fully saturated rings. The number of hydrogen-bond acceptors (Lipinski definition) is 2. The topological polar surface area (TPSA) is 56.3 Å². The Labute approximate surface area is 151 Å². The summed E-state index contributed by atoms with van der Waals surface area (Å²) < 4.78 is 13.6. The van der Waals surface area contributed by atoms with Crippen molar-refractivity contribution in [1.29, 1.82) is 0 Å². The summed E-state index contributed by atoms with van der Waals surface area (Å²) in [5.74, 6) is -0.649. The van der Waals surface area contributed by atoms with Gasteiger partial charge in [-0.15, -0.1) is 0 Å². The molecule has 0 unspecified atom stereocenters. The minimum atomic E-state index is -0.896. The van der Waals surface area contributed by atoms with Crippen molar-refractivity contribution in [2.75, 3.05) is 13.1 Å². The third kappa shape index (κ3) is 3.35. The maximum Gasteiger partial charge on any atom is 0.335 e. The van der Waals surface area contributed by atoms with E-state index in [-0.39, 0.29) is 5.82 Å². The van der Waals surface area contributed by atoms with Gasteiger partial charge in [-0.05, 0) is 73.3 Å². The van der Waals surface area contributed by atoms with Gasteiger partial charge in [0.05, 0.1) is 5.56 Å². The van der Waals surface area contributed by atoms with Gasteiger partial charge in [-0.3, -0.25) is 4.90 Å². The molecule has 2 heterocycles. The standard InChI is InChI=1S/C21H21FN2O2/c22-17-5-6-20-18(11-17)19(12-23-20)15-7-9-24(10-8-15)13-14-1-3-16(4-2-14)21(25)26/h1-6,11-12,15,23H,7-10,13H2,(H,25,26). The van der Waals surface area contributed by atoms with E-state index in [9.17, 15) is 9.18 Å². The number of piperidine rings is 1. The van der Waals surface area contributed by atoms with E-state index < -0.39 is 5.97 Å². The smallest absolute Gasteiger partial charge is 0.335 e. The third-order valence-corrected chi connectivity index (χ3v) is 5.31. The van der Waals surface area contributed by atoms with Crippen LogP contribution in [0.3, 0.4) is 0 Å². The number of halogens is 1. The van der Waals surface area contributed by atoms with E-state index >= 15 is 0 Å². The minimum absolute atomic E-state index is 0.194. The Balaban J connectivity index is 1.40. The minimum Gasteiger partial charge on any atom is -0.478 e. The Morgan fingerprint density at radius 1 is 1.15 bits per heavy atom. The van der Waals surface area contributed by atoms with Gasteiger partial charge in [0.25, 0.3) is 0 Å². The number of likely N-dealkylation sites (tertiary alicyclic amines) is 1. The lowest BCUT2D eigenvalue weighted by atomic mass is 9.89. The molecule has 2 aromatic carbocycles. The molecule has 134 valence electrons. The van der Waals surface area contributed by atoms with Crippen LogP contribution in [0.15, 0.2) is 48.7 Å². The molecule has 1 aliphatic rings. The molecule has 0 spiro atoms. The lowest BCUT2D eigenvalue weighted by Gasteiger charge is -2.32. The van der Waals surface area contributed by atoms with E-state index in [4.69, 9.17) is 5.11 Å². The van der Waals surface area contributed by atoms with Crippen LogP contribution >= 0.6 is 0 Å². The van der Waals surface area contributed by atoms with Crippen molar-refractivity contribution in [2.24, 2.45) is 0 Å². The molecule has 4 nitrogen and oxygen atoms in total. The highest BCUT2D eigenvalue weighted by atomic mass is 19.1. The van der Waals surface area contributed by atoms with Gasteiger partial charge < -0.3 is 10.1 Å². The van der Waals surface area contributed by atoms with E-state index in [1.54, 1.807) is 24.3 Å². The van der Waals surface area contributed by atoms with Crippen molar-refractivity contribution in [3.8, 4) is 0 Å². The normalized spacial score (nSPS) is 16.2. The van der Waals surface area contributed by atoms with Crippen molar-refractivity contribution in [3.05, 3.63) is 71.2 Å². The Morgan fingerprint density at radius 2 is 1.88 bits per heavy atom. The number of fused-ring (bicyclic) bond motifs is 1. The Hall–Kier alpha value is -2.66. The zero-order valence-electron chi connectivity index (χ0n) is 14.4. The van der Waals surface area contributed by atoms with Crippen LogP contribution in [0.2, 0.25) is 0 Å². The van der Waals surface area contributed by atoms with Gasteiger partial charge in [0.2, 0.25) is 0 Å². The van der Waals surface area contributed by atoms with Crippen LogP contribution in [-0.4, -0.2) is 34.0 Å². The molecule has 0 radical (unpaired) electrons. The fourth-order valence-corrected chi connectivity index (χ4v) is 3.87. The maximum atomic E-state index is 13.6. The van der Waals surface area contributed by atoms with Crippen LogP contribution in [0.1, 0.15) is 40.2 Å². The van der Waals surface area contributed by atoms with E-state index in [0.717, 1.165) is 48.9 Å². The Kier molecular flexibility index (Phi) is 4.47. The van der Waals surface area contributed by atoms with Crippen molar-refractivity contribution in [3.63, 3.8) is 0 Å². The number of carboxylic acids is 1. The first-order valence-electron chi connectivity index (χ1n) is 8.91. The first-order valence-corrected chi connectivity index (χ1v) is 8.91. The quantitative estimate of drug-likeness (QED) is 0.732. The molecular weight excluding hydrogens is 331 g/mol. The first kappa shape index (κ1) is 16.8. The second-order valence-corrected chi connectivity index (χ2v) is 6.99. The van der Waals surface area contributed by atoms with Crippen LogP contribution < -0.4 is 0 Å². The summed E-state index contributed by atoms with van der Waals surface area (Å²) in [4.78, 5) is 16.6. The second-order valence-electron chi connectivity index (χ2n) is 6.99. The molecule has 1 aromatic heterocycles. The van der Waals surface area contributed by atoms with Crippen molar-refractivity contribution in [1.82, 2.24) is 9.88 Å². The average molecular weight is 352 g/mol. The number of nitrogens with zero attached hydrogens (tertiary/aromatic N) is 1. The van der Waals surface area contributed by atoms with Crippen LogP contribution in [0.4, 0.5) is 4.39 Å². The number of H-pyrrole nitrogens is 1. The number of aromatic nitrogens is 1. The third-order valence-electron chi connectivity index (χ3n) is 5.31. The van der Waals surface area contributed by atoms with Crippen LogP contribution in [0, 0.1) is 5.82 Å². The molecule has 0 atom stereocenters. The SMILES string of the molecule is O=C(O)c1ccc(CN2CCC(c3c[nH]c4ccc(F)cc34)CC2)cc1. The van der Waals surface area contributed by atoms with Gasteiger partial charge in [0, 0.05) is 23.6 Å². The van der Waals surface area contributed by atoms with Crippen LogP contribution in [0.5, 0.6) is 0 Å². The largest absolute Gasteiger partial charge is 0.478 e. The van der Waals surface area contributed by atoms with Crippen LogP contribution in [-0.2, 0) is 6.54 Å². The number of carboxylic acid groups (broad SMARTS) is 1. The average Bonchev–Trinajstić information content (AvgIpc) is 3.06. The van der Waals surface area contributed by atoms with Gasteiger partial charge in [-0.2, -0.15) is 0 Å². The Bertz CT molecular complexity index is 925. The molecule has 1 aliphatic heterocycles. The monoisotopic (exact) mass is 352 g/mol. The lowest BCUT2D eigenvalue weighted by molar-refractivity contribution is 0.0697. The lowest BCUT2D eigenvalue weighted by Crippen LogP contribution is -2.32. The fraction of sp³-hybridized carbons (Fsp3) is 0.286. The highest BCUT2D eigenvalue weighted by Crippen LogP contribution is 2.33. The predicted octanol–water partition coefficient (Wildman–Crippen LogP) is 4.38. The van der Waals surface area contributed by atoms with E-state index in [1.165, 1.54) is 11.6 Å². The number of carbonyl (C=O) groups is 1. The number of hydrogen-bond donors (Lipinski definition) is 2. The summed E-state index contributed by atoms with van der Waals surface area (Å²) >= 11 is 0. The van der Waals surface area contributed by atoms with Gasteiger partial charge in [0.15, 0.2) is 0 Å². The number of aromatic carboxylic acids is 1. The van der Waals surface area contributed by atoms with E-state index in [2.05, 4.69) is 9.88 Å². The van der Waals surface area contributed by atoms with Gasteiger partial charge in [-0.1, -0.05) is 12.1 Å². The van der Waals surface area contributed by atoms with Crippen molar-refractivity contribution in [2.45, 2.75) is 25.3 Å².